The number of hydrogen-bond acceptors (Lipinski definition) is 2. The topological polar surface area (TPSA) is 24.7 Å². The second-order valence-corrected chi connectivity index (χ2v) is 11.2. The van der Waals surface area contributed by atoms with Crippen LogP contribution in [-0.4, -0.2) is 23.5 Å². The van der Waals surface area contributed by atoms with Gasteiger partial charge in [0.25, 0.3) is 0 Å². The third kappa shape index (κ3) is 7.99. The van der Waals surface area contributed by atoms with Crippen molar-refractivity contribution in [1.29, 1.82) is 0 Å². The van der Waals surface area contributed by atoms with Gasteiger partial charge < -0.3 is 0 Å². The molecule has 0 amide bonds. The molecule has 0 aromatic rings. The molecule has 0 N–H and O–H groups in total. The van der Waals surface area contributed by atoms with Crippen LogP contribution >= 0.6 is 20.3 Å². The minimum absolute atomic E-state index is 0.382. The molecule has 2 fully saturated rings. The summed E-state index contributed by atoms with van der Waals surface area (Å²) in [6.07, 6.45) is 5.26. The van der Waals surface area contributed by atoms with Gasteiger partial charge in [0.1, 0.15) is 0 Å². The van der Waals surface area contributed by atoms with E-state index in [1.165, 1.54) is 37.1 Å². The fraction of sp³-hybridized carbons (Fsp3) is 0.909. The van der Waals surface area contributed by atoms with Gasteiger partial charge in [0, 0.05) is 0 Å². The Balaban J connectivity index is 0.00000114. The molecular formula is C22H40Cl2CoN2. The first-order valence-corrected chi connectivity index (χ1v) is 13.4. The molecule has 161 valence electrons. The Bertz CT molecular complexity index is 441. The van der Waals surface area contributed by atoms with Gasteiger partial charge in [0.2, 0.25) is 0 Å². The zero-order chi connectivity index (χ0) is 20.7. The number of hydrogen-bond donors (Lipinski definition) is 0. The molecule has 2 aliphatic rings. The molecule has 0 heterocycles. The number of halogens is 2. The molecule has 0 bridgehead atoms. The van der Waals surface area contributed by atoms with E-state index in [0.717, 1.165) is 11.8 Å². The molecule has 2 saturated carbocycles. The van der Waals surface area contributed by atoms with Crippen LogP contribution in [0.4, 0.5) is 0 Å². The molecule has 0 aromatic heterocycles. The molecule has 0 saturated heterocycles. The monoisotopic (exact) mass is 461 g/mol. The van der Waals surface area contributed by atoms with Crippen molar-refractivity contribution in [3.8, 4) is 0 Å². The molecule has 2 nitrogen and oxygen atoms in total. The average molecular weight is 462 g/mol. The van der Waals surface area contributed by atoms with Crippen molar-refractivity contribution in [2.24, 2.45) is 45.5 Å². The predicted octanol–water partition coefficient (Wildman–Crippen LogP) is 7.43. The van der Waals surface area contributed by atoms with Gasteiger partial charge in [-0.1, -0.05) is 41.5 Å². The van der Waals surface area contributed by atoms with Crippen LogP contribution in [0, 0.1) is 35.5 Å². The van der Waals surface area contributed by atoms with E-state index < -0.39 is 0 Å². The van der Waals surface area contributed by atoms with Crippen LogP contribution in [0.2, 0.25) is 0 Å². The van der Waals surface area contributed by atoms with E-state index in [1.54, 1.807) is 0 Å². The Morgan fingerprint density at radius 1 is 0.630 bits per heavy atom. The maximum absolute atomic E-state index is 5.15. The van der Waals surface area contributed by atoms with Crippen LogP contribution in [0.25, 0.3) is 0 Å². The standard InChI is InChI=1S/C22H40N2.2ClH.Co/c1-13-9-15(3)21(16(4)10-13)23-19(7)20(8)24-22-17(5)11-14(2)12-18(22)6;;;/h13-18,21-22H,9-12H2,1-8H3;2*1H;/q;;;+2/p-2. The van der Waals surface area contributed by atoms with E-state index in [0.29, 0.717) is 48.6 Å². The van der Waals surface area contributed by atoms with Crippen LogP contribution in [0.15, 0.2) is 9.98 Å². The molecule has 0 aliphatic heterocycles. The Kier molecular flexibility index (Phi) is 11.5. The van der Waals surface area contributed by atoms with E-state index >= 15 is 0 Å². The third-order valence-electron chi connectivity index (χ3n) is 6.64. The summed E-state index contributed by atoms with van der Waals surface area (Å²) in [5.41, 5.74) is 2.34. The van der Waals surface area contributed by atoms with Crippen LogP contribution in [0.3, 0.4) is 0 Å². The number of aliphatic imine (C=N–C) groups is 2. The van der Waals surface area contributed by atoms with Crippen molar-refractivity contribution in [2.75, 3.05) is 0 Å². The normalized spacial score (nSPS) is 41.1. The summed E-state index contributed by atoms with van der Waals surface area (Å²) in [7, 11) is 9.47. The molecule has 2 aliphatic carbocycles. The second-order valence-electron chi connectivity index (χ2n) is 9.52. The Morgan fingerprint density at radius 3 is 1.07 bits per heavy atom. The van der Waals surface area contributed by atoms with Gasteiger partial charge in [0.15, 0.2) is 0 Å². The fourth-order valence-corrected chi connectivity index (χ4v) is 5.55. The average Bonchev–Trinajstić information content (AvgIpc) is 2.54. The number of rotatable bonds is 3. The minimum atomic E-state index is 0.382. The summed E-state index contributed by atoms with van der Waals surface area (Å²) >= 11 is 0.382. The quantitative estimate of drug-likeness (QED) is 0.390. The van der Waals surface area contributed by atoms with E-state index in [1.807, 2.05) is 0 Å². The van der Waals surface area contributed by atoms with E-state index in [2.05, 4.69) is 55.4 Å². The molecule has 0 aromatic carbocycles. The molecule has 0 radical (unpaired) electrons. The molecule has 5 heteroatoms. The van der Waals surface area contributed by atoms with Crippen molar-refractivity contribution >= 4 is 31.7 Å². The molecule has 4 unspecified atom stereocenters. The zero-order valence-corrected chi connectivity index (χ0v) is 21.0. The van der Waals surface area contributed by atoms with Crippen molar-refractivity contribution in [3.05, 3.63) is 0 Å². The molecule has 4 atom stereocenters. The third-order valence-corrected chi connectivity index (χ3v) is 6.64. The summed E-state index contributed by atoms with van der Waals surface area (Å²) in [5.74, 6) is 4.48. The van der Waals surface area contributed by atoms with Gasteiger partial charge in [-0.25, -0.2) is 0 Å². The van der Waals surface area contributed by atoms with Gasteiger partial charge in [0.05, 0.1) is 23.5 Å². The second kappa shape index (κ2) is 12.2. The maximum atomic E-state index is 5.15. The predicted molar refractivity (Wildman–Crippen MR) is 119 cm³/mol. The Labute approximate surface area is 182 Å². The van der Waals surface area contributed by atoms with Crippen molar-refractivity contribution in [2.45, 2.75) is 93.2 Å². The van der Waals surface area contributed by atoms with Crippen molar-refractivity contribution in [1.82, 2.24) is 0 Å². The molecule has 2 rings (SSSR count). The van der Waals surface area contributed by atoms with Gasteiger partial charge in [-0.15, -0.1) is 0 Å². The summed E-state index contributed by atoms with van der Waals surface area (Å²) in [6.45, 7) is 18.7. The number of nitrogens with zero attached hydrogens (tertiary/aromatic N) is 2. The first-order valence-electron chi connectivity index (χ1n) is 10.5. The van der Waals surface area contributed by atoms with Gasteiger partial charge >= 0.3 is 33.2 Å². The fourth-order valence-electron chi connectivity index (χ4n) is 5.55. The van der Waals surface area contributed by atoms with Gasteiger partial charge in [-0.2, -0.15) is 0 Å². The molecular weight excluding hydrogens is 422 g/mol. The van der Waals surface area contributed by atoms with Crippen LogP contribution < -0.4 is 0 Å². The van der Waals surface area contributed by atoms with E-state index in [9.17, 15) is 0 Å². The van der Waals surface area contributed by atoms with Crippen molar-refractivity contribution in [3.63, 3.8) is 0 Å². The van der Waals surface area contributed by atoms with E-state index in [4.69, 9.17) is 30.3 Å². The van der Waals surface area contributed by atoms with Gasteiger partial charge in [-0.3, -0.25) is 9.98 Å². The Morgan fingerprint density at radius 2 is 0.852 bits per heavy atom. The molecule has 27 heavy (non-hydrogen) atoms. The van der Waals surface area contributed by atoms with Crippen LogP contribution in [-0.2, 0) is 12.9 Å². The first kappa shape index (κ1) is 25.5. The van der Waals surface area contributed by atoms with Gasteiger partial charge in [-0.05, 0) is 75.0 Å². The summed E-state index contributed by atoms with van der Waals surface area (Å²) in [5, 5.41) is 0. The molecule has 0 spiro atoms. The first-order chi connectivity index (χ1) is 12.6. The Hall–Kier alpha value is 0.426. The SMILES string of the molecule is CC(=NC1C(C)CC(C)CC1C)C(C)=NC1C(C)CC(C)CC1C.[Cl][Co][Cl]. The zero-order valence-electron chi connectivity index (χ0n) is 18.4. The summed E-state index contributed by atoms with van der Waals surface area (Å²) < 4.78 is 0. The summed E-state index contributed by atoms with van der Waals surface area (Å²) in [4.78, 5) is 10.3. The van der Waals surface area contributed by atoms with Crippen LogP contribution in [0.1, 0.15) is 81.1 Å². The van der Waals surface area contributed by atoms with Crippen LogP contribution in [0.5, 0.6) is 0 Å². The summed E-state index contributed by atoms with van der Waals surface area (Å²) in [6, 6.07) is 0.958. The van der Waals surface area contributed by atoms with Crippen molar-refractivity contribution < 1.29 is 12.9 Å². The van der Waals surface area contributed by atoms with E-state index in [-0.39, 0.29) is 0 Å².